The van der Waals surface area contributed by atoms with Crippen molar-refractivity contribution in [2.75, 3.05) is 6.54 Å². The summed E-state index contributed by atoms with van der Waals surface area (Å²) in [4.78, 5) is 27.7. The fourth-order valence-corrected chi connectivity index (χ4v) is 10.4. The van der Waals surface area contributed by atoms with E-state index >= 15 is 0 Å². The average Bonchev–Trinajstić information content (AvgIpc) is 3.59. The second-order valence-corrected chi connectivity index (χ2v) is 17.4. The van der Waals surface area contributed by atoms with E-state index < -0.39 is 44.3 Å². The van der Waals surface area contributed by atoms with Gasteiger partial charge in [0.15, 0.2) is 0 Å². The number of thioether (sulfide) groups is 1. The van der Waals surface area contributed by atoms with Crippen LogP contribution in [0.1, 0.15) is 50.3 Å². The summed E-state index contributed by atoms with van der Waals surface area (Å²) in [5.74, 6) is -1.17. The predicted octanol–water partition coefficient (Wildman–Crippen LogP) is 8.10. The van der Waals surface area contributed by atoms with Gasteiger partial charge in [-0.1, -0.05) is 127 Å². The zero-order valence-corrected chi connectivity index (χ0v) is 31.3. The van der Waals surface area contributed by atoms with Crippen molar-refractivity contribution in [1.29, 1.82) is 0 Å². The summed E-state index contributed by atoms with van der Waals surface area (Å²) in [5, 5.41) is 4.21. The highest BCUT2D eigenvalue weighted by Crippen LogP contribution is 2.52. The van der Waals surface area contributed by atoms with Gasteiger partial charge in [-0.25, -0.2) is 13.2 Å². The highest BCUT2D eigenvalue weighted by molar-refractivity contribution is 8.01. The number of fused-ring (bicyclic) bond motifs is 1. The van der Waals surface area contributed by atoms with Crippen LogP contribution in [0.3, 0.4) is 0 Å². The Balaban J connectivity index is 1.43. The van der Waals surface area contributed by atoms with E-state index in [0.717, 1.165) is 27.5 Å². The van der Waals surface area contributed by atoms with E-state index in [1.165, 1.54) is 4.31 Å². The lowest BCUT2D eigenvalue weighted by atomic mass is 9.84. The third-order valence-electron chi connectivity index (χ3n) is 9.14. The molecule has 3 atom stereocenters. The number of esters is 1. The Hall–Kier alpha value is -4.70. The Morgan fingerprint density at radius 3 is 1.87 bits per heavy atom. The Kier molecular flexibility index (Phi) is 11.0. The third-order valence-corrected chi connectivity index (χ3v) is 12.7. The molecule has 1 unspecified atom stereocenters. The lowest BCUT2D eigenvalue weighted by molar-refractivity contribution is -0.158. The van der Waals surface area contributed by atoms with Gasteiger partial charge < -0.3 is 10.1 Å². The molecule has 0 aliphatic carbocycles. The largest absolute Gasteiger partial charge is 0.458 e. The molecule has 268 valence electrons. The Morgan fingerprint density at radius 2 is 1.35 bits per heavy atom. The van der Waals surface area contributed by atoms with Gasteiger partial charge in [0.1, 0.15) is 17.7 Å². The zero-order valence-electron chi connectivity index (χ0n) is 29.6. The normalized spacial score (nSPS) is 17.4. The van der Waals surface area contributed by atoms with Crippen LogP contribution in [0.2, 0.25) is 0 Å². The van der Waals surface area contributed by atoms with Gasteiger partial charge in [-0.15, -0.1) is 18.3 Å². The van der Waals surface area contributed by atoms with Crippen molar-refractivity contribution < 1.29 is 22.7 Å². The molecular weight excluding hydrogens is 689 g/mol. The van der Waals surface area contributed by atoms with Crippen molar-refractivity contribution in [1.82, 2.24) is 9.62 Å². The second-order valence-electron chi connectivity index (χ2n) is 14.0. The van der Waals surface area contributed by atoms with Crippen LogP contribution in [-0.4, -0.2) is 54.1 Å². The fraction of sp³-hybridized carbons (Fsp3) is 0.256. The van der Waals surface area contributed by atoms with Crippen molar-refractivity contribution in [3.63, 3.8) is 0 Å². The Bertz CT molecular complexity index is 2040. The zero-order chi connectivity index (χ0) is 36.9. The molecule has 1 N–H and O–H groups in total. The van der Waals surface area contributed by atoms with Crippen molar-refractivity contribution >= 4 is 44.4 Å². The van der Waals surface area contributed by atoms with Gasteiger partial charge in [0, 0.05) is 11.8 Å². The number of hydrogen-bond donors (Lipinski definition) is 1. The number of ether oxygens (including phenoxy) is 1. The first-order valence-corrected chi connectivity index (χ1v) is 19.7. The first kappa shape index (κ1) is 37.1. The number of hydrogen-bond acceptors (Lipinski definition) is 6. The van der Waals surface area contributed by atoms with Crippen molar-refractivity contribution in [2.24, 2.45) is 0 Å². The molecular formula is C43H44N2O5S2. The van der Waals surface area contributed by atoms with E-state index in [1.54, 1.807) is 56.8 Å². The van der Waals surface area contributed by atoms with Crippen LogP contribution in [0.25, 0.3) is 10.8 Å². The minimum absolute atomic E-state index is 0.0741. The number of amides is 1. The summed E-state index contributed by atoms with van der Waals surface area (Å²) in [5.41, 5.74) is 2.32. The lowest BCUT2D eigenvalue weighted by Gasteiger charge is -2.37. The van der Waals surface area contributed by atoms with E-state index in [-0.39, 0.29) is 29.5 Å². The van der Waals surface area contributed by atoms with Gasteiger partial charge in [-0.3, -0.25) is 4.79 Å². The quantitative estimate of drug-likeness (QED) is 0.0792. The van der Waals surface area contributed by atoms with Gasteiger partial charge in [-0.05, 0) is 73.2 Å². The molecule has 1 amide bonds. The smallest absolute Gasteiger partial charge is 0.329 e. The maximum absolute atomic E-state index is 14.7. The molecule has 52 heavy (non-hydrogen) atoms. The molecule has 0 aromatic heterocycles. The Labute approximate surface area is 311 Å². The number of carbonyl (C=O) groups excluding carboxylic acids is 2. The monoisotopic (exact) mass is 732 g/mol. The molecule has 0 bridgehead atoms. The van der Waals surface area contributed by atoms with Gasteiger partial charge in [0.2, 0.25) is 15.9 Å². The average molecular weight is 733 g/mol. The number of carbonyl (C=O) groups is 2. The SMILES string of the molecule is C=CCC(NC(=O)[C@@H]1C[C@@H](SC(c2ccccc2)(c2ccccc2)c2ccccc2)CN1S(=O)(=O)c1ccc2ccccc2c1)C(=O)OC(C)(C)C. The van der Waals surface area contributed by atoms with Crippen LogP contribution in [0.4, 0.5) is 0 Å². The molecule has 0 spiro atoms. The van der Waals surface area contributed by atoms with Crippen molar-refractivity contribution in [3.05, 3.63) is 163 Å². The molecule has 1 fully saturated rings. The minimum atomic E-state index is -4.18. The van der Waals surface area contributed by atoms with Crippen LogP contribution in [-0.2, 0) is 29.1 Å². The van der Waals surface area contributed by atoms with Crippen molar-refractivity contribution in [2.45, 2.75) is 66.2 Å². The second kappa shape index (κ2) is 15.5. The number of rotatable bonds is 12. The molecule has 1 aliphatic rings. The van der Waals surface area contributed by atoms with Gasteiger partial charge in [0.05, 0.1) is 9.64 Å². The molecule has 1 heterocycles. The number of sulfonamides is 1. The minimum Gasteiger partial charge on any atom is -0.458 e. The number of nitrogens with one attached hydrogen (secondary N) is 1. The molecule has 7 nitrogen and oxygen atoms in total. The summed E-state index contributed by atoms with van der Waals surface area (Å²) in [6.07, 6.45) is 1.88. The number of nitrogens with zero attached hydrogens (tertiary/aromatic N) is 1. The summed E-state index contributed by atoms with van der Waals surface area (Å²) in [6, 6.07) is 41.0. The predicted molar refractivity (Wildman–Crippen MR) is 209 cm³/mol. The van der Waals surface area contributed by atoms with E-state index in [4.69, 9.17) is 4.74 Å². The molecule has 0 saturated carbocycles. The fourth-order valence-electron chi connectivity index (χ4n) is 6.82. The lowest BCUT2D eigenvalue weighted by Crippen LogP contribution is -2.51. The molecule has 5 aromatic carbocycles. The van der Waals surface area contributed by atoms with E-state index in [2.05, 4.69) is 48.3 Å². The van der Waals surface area contributed by atoms with Crippen LogP contribution in [0.15, 0.2) is 151 Å². The van der Waals surface area contributed by atoms with Crippen LogP contribution < -0.4 is 5.32 Å². The van der Waals surface area contributed by atoms with E-state index in [9.17, 15) is 18.0 Å². The summed E-state index contributed by atoms with van der Waals surface area (Å²) < 4.78 is 35.5. The molecule has 5 aromatic rings. The Morgan fingerprint density at radius 1 is 0.827 bits per heavy atom. The topological polar surface area (TPSA) is 92.8 Å². The first-order valence-electron chi connectivity index (χ1n) is 17.4. The standard InChI is InChI=1S/C43H44N2O5S2/c1-5-17-38(41(47)50-42(2,3)4)44-40(46)39-29-36(30-45(39)52(48,49)37-27-26-31-18-15-16-19-32(31)28-37)51-43(33-20-9-6-10-21-33,34-22-11-7-12-23-34)35-24-13-8-14-25-35/h5-16,18-28,36,38-39H,1,17,29-30H2,2-4H3,(H,44,46)/t36-,38?,39+/m1/s1. The molecule has 6 rings (SSSR count). The summed E-state index contributed by atoms with van der Waals surface area (Å²) in [7, 11) is -4.18. The maximum Gasteiger partial charge on any atom is 0.329 e. The van der Waals surface area contributed by atoms with Gasteiger partial charge in [-0.2, -0.15) is 4.31 Å². The summed E-state index contributed by atoms with van der Waals surface area (Å²) >= 11 is 1.65. The van der Waals surface area contributed by atoms with Crippen LogP contribution in [0, 0.1) is 0 Å². The number of benzene rings is 5. The molecule has 0 radical (unpaired) electrons. The summed E-state index contributed by atoms with van der Waals surface area (Å²) in [6.45, 7) is 9.12. The van der Waals surface area contributed by atoms with Crippen LogP contribution >= 0.6 is 11.8 Å². The highest BCUT2D eigenvalue weighted by Gasteiger charge is 2.49. The van der Waals surface area contributed by atoms with Crippen molar-refractivity contribution in [3.8, 4) is 0 Å². The van der Waals surface area contributed by atoms with Gasteiger partial charge in [0.25, 0.3) is 0 Å². The van der Waals surface area contributed by atoms with Crippen LogP contribution in [0.5, 0.6) is 0 Å². The molecule has 9 heteroatoms. The first-order chi connectivity index (χ1) is 24.9. The maximum atomic E-state index is 14.7. The van der Waals surface area contributed by atoms with E-state index in [1.807, 2.05) is 78.9 Å². The highest BCUT2D eigenvalue weighted by atomic mass is 32.2. The molecule has 1 aliphatic heterocycles. The third kappa shape index (κ3) is 7.87. The molecule has 1 saturated heterocycles. The van der Waals surface area contributed by atoms with Gasteiger partial charge >= 0.3 is 5.97 Å². The van der Waals surface area contributed by atoms with E-state index in [0.29, 0.717) is 0 Å².